The number of nitrogens with one attached hydrogen (secondary N) is 1. The fourth-order valence-corrected chi connectivity index (χ4v) is 1.64. The van der Waals surface area contributed by atoms with Crippen molar-refractivity contribution >= 4 is 11.9 Å². The van der Waals surface area contributed by atoms with Crippen molar-refractivity contribution in [3.63, 3.8) is 0 Å². The fourth-order valence-electron chi connectivity index (χ4n) is 1.64. The van der Waals surface area contributed by atoms with Crippen molar-refractivity contribution in [1.29, 1.82) is 0 Å². The highest BCUT2D eigenvalue weighted by atomic mass is 16.5. The van der Waals surface area contributed by atoms with Gasteiger partial charge in [0.05, 0.1) is 19.8 Å². The molecular weight excluding hydrogens is 260 g/mol. The van der Waals surface area contributed by atoms with E-state index in [0.717, 1.165) is 5.56 Å². The van der Waals surface area contributed by atoms with Gasteiger partial charge in [0.25, 0.3) is 0 Å². The summed E-state index contributed by atoms with van der Waals surface area (Å²) in [5.41, 5.74) is 6.37. The molecule has 0 radical (unpaired) electrons. The van der Waals surface area contributed by atoms with Crippen LogP contribution in [0.15, 0.2) is 24.3 Å². The van der Waals surface area contributed by atoms with Crippen LogP contribution in [0.25, 0.3) is 0 Å². The van der Waals surface area contributed by atoms with E-state index in [2.05, 4.69) is 5.32 Å². The number of carbonyl (C=O) groups excluding carboxylic acids is 2. The number of nitrogens with two attached hydrogens (primary N) is 1. The van der Waals surface area contributed by atoms with Gasteiger partial charge < -0.3 is 20.5 Å². The van der Waals surface area contributed by atoms with E-state index in [1.54, 1.807) is 27.0 Å². The van der Waals surface area contributed by atoms with Gasteiger partial charge in [-0.25, -0.2) is 4.79 Å². The van der Waals surface area contributed by atoms with E-state index in [9.17, 15) is 9.59 Å². The number of amides is 1. The molecule has 0 aliphatic carbocycles. The minimum absolute atomic E-state index is 0.186. The van der Waals surface area contributed by atoms with Crippen LogP contribution in [-0.2, 0) is 14.3 Å². The first kappa shape index (κ1) is 16.0. The van der Waals surface area contributed by atoms with Gasteiger partial charge in [-0.2, -0.15) is 0 Å². The Balaban J connectivity index is 2.67. The molecule has 2 atom stereocenters. The van der Waals surface area contributed by atoms with Gasteiger partial charge >= 0.3 is 5.97 Å². The van der Waals surface area contributed by atoms with E-state index in [-0.39, 0.29) is 12.6 Å². The largest absolute Gasteiger partial charge is 0.497 e. The number of methoxy groups -OCH3 is 1. The molecule has 1 aromatic rings. The molecule has 1 rings (SSSR count). The monoisotopic (exact) mass is 280 g/mol. The number of carbonyl (C=O) groups is 2. The molecule has 0 fully saturated rings. The molecule has 20 heavy (non-hydrogen) atoms. The van der Waals surface area contributed by atoms with Crippen molar-refractivity contribution in [2.45, 2.75) is 25.9 Å². The van der Waals surface area contributed by atoms with Crippen molar-refractivity contribution in [3.8, 4) is 5.75 Å². The number of hydrogen-bond donors (Lipinski definition) is 2. The van der Waals surface area contributed by atoms with Crippen LogP contribution >= 0.6 is 0 Å². The van der Waals surface area contributed by atoms with Crippen molar-refractivity contribution in [3.05, 3.63) is 29.8 Å². The molecule has 1 aromatic carbocycles. The highest BCUT2D eigenvalue weighted by Crippen LogP contribution is 2.18. The number of hydrogen-bond acceptors (Lipinski definition) is 5. The van der Waals surface area contributed by atoms with Crippen LogP contribution in [0.4, 0.5) is 0 Å². The van der Waals surface area contributed by atoms with Crippen LogP contribution in [0.1, 0.15) is 25.5 Å². The molecule has 6 nitrogen and oxygen atoms in total. The summed E-state index contributed by atoms with van der Waals surface area (Å²) in [6.45, 7) is 3.64. The Hall–Kier alpha value is -2.08. The van der Waals surface area contributed by atoms with E-state index >= 15 is 0 Å². The molecule has 1 amide bonds. The van der Waals surface area contributed by atoms with Crippen LogP contribution in [0.2, 0.25) is 0 Å². The van der Waals surface area contributed by atoms with Crippen LogP contribution in [-0.4, -0.2) is 31.6 Å². The van der Waals surface area contributed by atoms with E-state index in [1.807, 2.05) is 18.2 Å². The SMILES string of the molecule is CCOC(=O)C(N)C(=O)N[C@@H](C)c1cccc(OC)c1. The molecule has 0 aliphatic heterocycles. The minimum Gasteiger partial charge on any atom is -0.497 e. The van der Waals surface area contributed by atoms with Crippen molar-refractivity contribution in [2.75, 3.05) is 13.7 Å². The summed E-state index contributed by atoms with van der Waals surface area (Å²) in [4.78, 5) is 23.2. The molecule has 0 saturated heterocycles. The van der Waals surface area contributed by atoms with E-state index in [0.29, 0.717) is 5.75 Å². The molecule has 0 aliphatic rings. The third-order valence-electron chi connectivity index (χ3n) is 2.78. The number of ether oxygens (including phenoxy) is 2. The molecule has 3 N–H and O–H groups in total. The summed E-state index contributed by atoms with van der Waals surface area (Å²) in [7, 11) is 1.57. The second kappa shape index (κ2) is 7.49. The first-order valence-corrected chi connectivity index (χ1v) is 6.36. The Bertz CT molecular complexity index is 476. The highest BCUT2D eigenvalue weighted by Gasteiger charge is 2.24. The molecular formula is C14H20N2O4. The van der Waals surface area contributed by atoms with Gasteiger partial charge in [-0.3, -0.25) is 4.79 Å². The lowest BCUT2D eigenvalue weighted by Gasteiger charge is -2.17. The van der Waals surface area contributed by atoms with Gasteiger partial charge in [-0.15, -0.1) is 0 Å². The van der Waals surface area contributed by atoms with Crippen molar-refractivity contribution in [2.24, 2.45) is 5.73 Å². The third-order valence-corrected chi connectivity index (χ3v) is 2.78. The number of esters is 1. The average Bonchev–Trinajstić information content (AvgIpc) is 2.46. The van der Waals surface area contributed by atoms with Crippen LogP contribution < -0.4 is 15.8 Å². The molecule has 0 heterocycles. The molecule has 0 bridgehead atoms. The quantitative estimate of drug-likeness (QED) is 0.593. The predicted molar refractivity (Wildman–Crippen MR) is 74.2 cm³/mol. The van der Waals surface area contributed by atoms with Crippen LogP contribution in [0.5, 0.6) is 5.75 Å². The van der Waals surface area contributed by atoms with Gasteiger partial charge in [0.15, 0.2) is 6.04 Å². The Morgan fingerprint density at radius 3 is 2.70 bits per heavy atom. The third kappa shape index (κ3) is 4.24. The fraction of sp³-hybridized carbons (Fsp3) is 0.429. The van der Waals surface area contributed by atoms with Gasteiger partial charge in [0, 0.05) is 0 Å². The van der Waals surface area contributed by atoms with Gasteiger partial charge in [0.2, 0.25) is 5.91 Å². The smallest absolute Gasteiger partial charge is 0.332 e. The lowest BCUT2D eigenvalue weighted by atomic mass is 10.1. The molecule has 1 unspecified atom stereocenters. The van der Waals surface area contributed by atoms with Crippen molar-refractivity contribution < 1.29 is 19.1 Å². The van der Waals surface area contributed by atoms with Crippen molar-refractivity contribution in [1.82, 2.24) is 5.32 Å². The topological polar surface area (TPSA) is 90.7 Å². The average molecular weight is 280 g/mol. The summed E-state index contributed by atoms with van der Waals surface area (Å²) in [5, 5.41) is 2.67. The molecule has 0 spiro atoms. The maximum atomic E-state index is 11.8. The normalized spacial score (nSPS) is 13.2. The lowest BCUT2D eigenvalue weighted by Crippen LogP contribution is -2.47. The summed E-state index contributed by atoms with van der Waals surface area (Å²) in [6.07, 6.45) is 0. The minimum atomic E-state index is -1.32. The summed E-state index contributed by atoms with van der Waals surface area (Å²) >= 11 is 0. The Morgan fingerprint density at radius 2 is 2.10 bits per heavy atom. The summed E-state index contributed by atoms with van der Waals surface area (Å²) in [5.74, 6) is -0.611. The Morgan fingerprint density at radius 1 is 1.40 bits per heavy atom. The Labute approximate surface area is 118 Å². The van der Waals surface area contributed by atoms with Gasteiger partial charge in [-0.05, 0) is 31.5 Å². The lowest BCUT2D eigenvalue weighted by molar-refractivity contribution is -0.148. The molecule has 110 valence electrons. The van der Waals surface area contributed by atoms with E-state index in [4.69, 9.17) is 15.2 Å². The molecule has 0 saturated carbocycles. The predicted octanol–water partition coefficient (Wildman–Crippen LogP) is 0.763. The Kier molecular flexibility index (Phi) is 5.99. The standard InChI is InChI=1S/C14H20N2O4/c1-4-20-14(18)12(15)13(17)16-9(2)10-6-5-7-11(8-10)19-3/h5-9,12H,4,15H2,1-3H3,(H,16,17)/t9-,12?/m0/s1. The van der Waals surface area contributed by atoms with Gasteiger partial charge in [-0.1, -0.05) is 12.1 Å². The first-order chi connectivity index (χ1) is 9.49. The van der Waals surface area contributed by atoms with E-state index < -0.39 is 17.9 Å². The highest BCUT2D eigenvalue weighted by molar-refractivity contribution is 6.01. The maximum Gasteiger partial charge on any atom is 0.332 e. The molecule has 6 heteroatoms. The number of rotatable bonds is 6. The first-order valence-electron chi connectivity index (χ1n) is 6.36. The second-order valence-corrected chi connectivity index (χ2v) is 4.24. The zero-order valence-electron chi connectivity index (χ0n) is 11.9. The maximum absolute atomic E-state index is 11.8. The van der Waals surface area contributed by atoms with Crippen LogP contribution in [0.3, 0.4) is 0 Å². The van der Waals surface area contributed by atoms with Gasteiger partial charge in [0.1, 0.15) is 5.75 Å². The number of benzene rings is 1. The van der Waals surface area contributed by atoms with E-state index in [1.165, 1.54) is 0 Å². The molecule has 0 aromatic heterocycles. The zero-order valence-corrected chi connectivity index (χ0v) is 11.9. The summed E-state index contributed by atoms with van der Waals surface area (Å²) < 4.78 is 9.82. The van der Waals surface area contributed by atoms with Crippen LogP contribution in [0, 0.1) is 0 Å². The summed E-state index contributed by atoms with van der Waals surface area (Å²) in [6, 6.07) is 5.68. The zero-order chi connectivity index (χ0) is 15.1. The second-order valence-electron chi connectivity index (χ2n) is 4.24.